The highest BCUT2D eigenvalue weighted by atomic mass is 14.7. The Balaban J connectivity index is 1.97. The summed E-state index contributed by atoms with van der Waals surface area (Å²) in [5.41, 5.74) is 9.85. The lowest BCUT2D eigenvalue weighted by Gasteiger charge is -2.30. The van der Waals surface area contributed by atoms with Gasteiger partial charge in [-0.05, 0) is 60.6 Å². The van der Waals surface area contributed by atoms with Crippen LogP contribution in [0.15, 0.2) is 42.5 Å². The molecule has 0 atom stereocenters. The summed E-state index contributed by atoms with van der Waals surface area (Å²) in [5.74, 6) is 0. The van der Waals surface area contributed by atoms with Crippen molar-refractivity contribution in [3.05, 3.63) is 76.0 Å². The first kappa shape index (κ1) is 17.1. The minimum atomic E-state index is -0.00737. The molecular formula is C25H29N. The maximum Gasteiger partial charge on any atom is 0.0465 e. The average molecular weight is 344 g/mol. The largest absolute Gasteiger partial charge is 0.358 e. The van der Waals surface area contributed by atoms with E-state index in [0.717, 1.165) is 19.3 Å². The van der Waals surface area contributed by atoms with Gasteiger partial charge in [0, 0.05) is 27.6 Å². The van der Waals surface area contributed by atoms with E-state index in [1.165, 1.54) is 50.8 Å². The van der Waals surface area contributed by atoms with E-state index in [2.05, 4.69) is 81.2 Å². The van der Waals surface area contributed by atoms with Gasteiger partial charge in [-0.15, -0.1) is 0 Å². The number of hydrogen-bond acceptors (Lipinski definition) is 0. The minimum absolute atomic E-state index is 0.00737. The van der Waals surface area contributed by atoms with Crippen LogP contribution in [0.3, 0.4) is 0 Å². The minimum Gasteiger partial charge on any atom is -0.358 e. The molecule has 0 fully saturated rings. The summed E-state index contributed by atoms with van der Waals surface area (Å²) in [6, 6.07) is 13.7. The van der Waals surface area contributed by atoms with Crippen molar-refractivity contribution < 1.29 is 0 Å². The van der Waals surface area contributed by atoms with Gasteiger partial charge in [-0.3, -0.25) is 0 Å². The fraction of sp³-hybridized carbons (Fsp3) is 0.360. The van der Waals surface area contributed by atoms with E-state index in [1.807, 2.05) is 0 Å². The second-order valence-electron chi connectivity index (χ2n) is 8.20. The molecule has 1 nitrogen and oxygen atoms in total. The maximum atomic E-state index is 3.69. The molecular weight excluding hydrogens is 314 g/mol. The van der Waals surface area contributed by atoms with Crippen LogP contribution >= 0.6 is 0 Å². The lowest BCUT2D eigenvalue weighted by molar-refractivity contribution is 0.626. The fourth-order valence-electron chi connectivity index (χ4n) is 4.66. The van der Waals surface area contributed by atoms with E-state index in [0.29, 0.717) is 0 Å². The number of fused-ring (bicyclic) bond motifs is 3. The van der Waals surface area contributed by atoms with E-state index < -0.39 is 0 Å². The molecule has 1 heterocycles. The molecule has 26 heavy (non-hydrogen) atoms. The van der Waals surface area contributed by atoms with E-state index in [9.17, 15) is 0 Å². The molecule has 1 aliphatic carbocycles. The Morgan fingerprint density at radius 3 is 2.65 bits per heavy atom. The normalized spacial score (nSPS) is 14.0. The van der Waals surface area contributed by atoms with Gasteiger partial charge in [0.25, 0.3) is 0 Å². The SMILES string of the molecule is CCCc1cc2[nH]c3c(c2cc1C(C)(C)c1ccccc1C)C=CCC3. The van der Waals surface area contributed by atoms with Crippen LogP contribution in [0.25, 0.3) is 17.0 Å². The Morgan fingerprint density at radius 2 is 1.88 bits per heavy atom. The second kappa shape index (κ2) is 6.46. The highest BCUT2D eigenvalue weighted by molar-refractivity contribution is 5.92. The zero-order chi connectivity index (χ0) is 18.3. The van der Waals surface area contributed by atoms with Crippen LogP contribution in [0.4, 0.5) is 0 Å². The topological polar surface area (TPSA) is 15.8 Å². The number of allylic oxidation sites excluding steroid dienone is 1. The Bertz CT molecular complexity index is 985. The molecule has 0 unspecified atom stereocenters. The highest BCUT2D eigenvalue weighted by Gasteiger charge is 2.28. The van der Waals surface area contributed by atoms with Crippen molar-refractivity contribution in [3.63, 3.8) is 0 Å². The molecule has 0 spiro atoms. The van der Waals surface area contributed by atoms with E-state index in [4.69, 9.17) is 0 Å². The highest BCUT2D eigenvalue weighted by Crippen LogP contribution is 2.39. The molecule has 3 aromatic rings. The van der Waals surface area contributed by atoms with Crippen molar-refractivity contribution in [1.29, 1.82) is 0 Å². The Labute approximate surface area is 157 Å². The lowest BCUT2D eigenvalue weighted by Crippen LogP contribution is -2.22. The summed E-state index contributed by atoms with van der Waals surface area (Å²) in [4.78, 5) is 3.69. The third kappa shape index (κ3) is 2.70. The summed E-state index contributed by atoms with van der Waals surface area (Å²) in [6.07, 6.45) is 9.18. The van der Waals surface area contributed by atoms with Crippen LogP contribution in [0.2, 0.25) is 0 Å². The Morgan fingerprint density at radius 1 is 1.08 bits per heavy atom. The number of aromatic amines is 1. The van der Waals surface area contributed by atoms with E-state index in [-0.39, 0.29) is 5.41 Å². The monoisotopic (exact) mass is 343 g/mol. The molecule has 0 bridgehead atoms. The van der Waals surface area contributed by atoms with E-state index >= 15 is 0 Å². The van der Waals surface area contributed by atoms with Gasteiger partial charge < -0.3 is 4.98 Å². The van der Waals surface area contributed by atoms with Gasteiger partial charge in [0.2, 0.25) is 0 Å². The number of rotatable bonds is 4. The quantitative estimate of drug-likeness (QED) is 0.541. The van der Waals surface area contributed by atoms with Crippen molar-refractivity contribution >= 4 is 17.0 Å². The molecule has 0 amide bonds. The van der Waals surface area contributed by atoms with Gasteiger partial charge in [0.1, 0.15) is 0 Å². The molecule has 2 aromatic carbocycles. The first-order chi connectivity index (χ1) is 12.5. The number of benzene rings is 2. The fourth-order valence-corrected chi connectivity index (χ4v) is 4.66. The first-order valence-corrected chi connectivity index (χ1v) is 9.93. The molecule has 0 saturated heterocycles. The Hall–Kier alpha value is -2.28. The zero-order valence-electron chi connectivity index (χ0n) is 16.4. The molecule has 1 aromatic heterocycles. The number of H-pyrrole nitrogens is 1. The van der Waals surface area contributed by atoms with Gasteiger partial charge in [-0.25, -0.2) is 0 Å². The first-order valence-electron chi connectivity index (χ1n) is 9.93. The van der Waals surface area contributed by atoms with Crippen LogP contribution in [0.1, 0.15) is 67.1 Å². The number of aryl methyl sites for hydroxylation is 3. The van der Waals surface area contributed by atoms with Crippen LogP contribution < -0.4 is 0 Å². The van der Waals surface area contributed by atoms with Crippen molar-refractivity contribution in [2.75, 3.05) is 0 Å². The molecule has 0 saturated carbocycles. The standard InChI is InChI=1S/C25H29N/c1-5-10-18-15-24-20(19-12-7-9-14-23(19)26-24)16-22(18)25(3,4)21-13-8-6-11-17(21)2/h6-8,11-13,15-16,26H,5,9-10,14H2,1-4H3. The van der Waals surface area contributed by atoms with Crippen molar-refractivity contribution in [2.24, 2.45) is 0 Å². The van der Waals surface area contributed by atoms with Crippen molar-refractivity contribution in [2.45, 2.75) is 58.8 Å². The third-order valence-electron chi connectivity index (χ3n) is 6.00. The molecule has 134 valence electrons. The van der Waals surface area contributed by atoms with Gasteiger partial charge in [0.15, 0.2) is 0 Å². The lowest BCUT2D eigenvalue weighted by atomic mass is 9.73. The van der Waals surface area contributed by atoms with Crippen LogP contribution in [-0.2, 0) is 18.3 Å². The van der Waals surface area contributed by atoms with Crippen LogP contribution in [0, 0.1) is 6.92 Å². The van der Waals surface area contributed by atoms with E-state index in [1.54, 1.807) is 0 Å². The molecule has 1 N–H and O–H groups in total. The smallest absolute Gasteiger partial charge is 0.0465 e. The van der Waals surface area contributed by atoms with Gasteiger partial charge in [0.05, 0.1) is 0 Å². The molecule has 1 heteroatoms. The average Bonchev–Trinajstić information content (AvgIpc) is 2.99. The third-order valence-corrected chi connectivity index (χ3v) is 6.00. The van der Waals surface area contributed by atoms with Gasteiger partial charge in [-0.2, -0.15) is 0 Å². The number of nitrogens with one attached hydrogen (secondary N) is 1. The molecule has 0 radical (unpaired) electrons. The Kier molecular flexibility index (Phi) is 4.26. The van der Waals surface area contributed by atoms with Crippen molar-refractivity contribution in [1.82, 2.24) is 4.98 Å². The predicted octanol–water partition coefficient (Wildman–Crippen LogP) is 6.71. The summed E-state index contributed by atoms with van der Waals surface area (Å²) < 4.78 is 0. The second-order valence-corrected chi connectivity index (χ2v) is 8.20. The summed E-state index contributed by atoms with van der Waals surface area (Å²) in [5, 5.41) is 1.38. The summed E-state index contributed by atoms with van der Waals surface area (Å²) in [6.45, 7) is 9.27. The van der Waals surface area contributed by atoms with Gasteiger partial charge >= 0.3 is 0 Å². The van der Waals surface area contributed by atoms with Gasteiger partial charge in [-0.1, -0.05) is 63.6 Å². The zero-order valence-corrected chi connectivity index (χ0v) is 16.4. The van der Waals surface area contributed by atoms with Crippen LogP contribution in [0.5, 0.6) is 0 Å². The molecule has 0 aliphatic heterocycles. The summed E-state index contributed by atoms with van der Waals surface area (Å²) in [7, 11) is 0. The molecule has 1 aliphatic rings. The predicted molar refractivity (Wildman–Crippen MR) is 113 cm³/mol. The number of hydrogen-bond donors (Lipinski definition) is 1. The summed E-state index contributed by atoms with van der Waals surface area (Å²) >= 11 is 0. The maximum absolute atomic E-state index is 3.69. The number of aromatic nitrogens is 1. The van der Waals surface area contributed by atoms with Crippen molar-refractivity contribution in [3.8, 4) is 0 Å². The van der Waals surface area contributed by atoms with Crippen LogP contribution in [-0.4, -0.2) is 4.98 Å². The molecule has 4 rings (SSSR count).